The maximum atomic E-state index is 10.9. The predicted molar refractivity (Wildman–Crippen MR) is 66.5 cm³/mol. The lowest BCUT2D eigenvalue weighted by molar-refractivity contribution is -0.132. The second-order valence-electron chi connectivity index (χ2n) is 3.39. The lowest BCUT2D eigenvalue weighted by Crippen LogP contribution is -2.03. The fraction of sp³-hybridized carbons (Fsp3) is 0.154. The van der Waals surface area contributed by atoms with E-state index >= 15 is 0 Å². The summed E-state index contributed by atoms with van der Waals surface area (Å²) < 4.78 is 0. The monoisotopic (exact) mass is 236 g/mol. The minimum absolute atomic E-state index is 0.145. The normalized spacial score (nSPS) is 11.9. The molecule has 0 atom stereocenters. The summed E-state index contributed by atoms with van der Waals surface area (Å²) in [7, 11) is 0. The van der Waals surface area contributed by atoms with E-state index in [1.807, 2.05) is 30.3 Å². The number of carboxylic acids is 1. The van der Waals surface area contributed by atoms with E-state index in [9.17, 15) is 4.79 Å². The van der Waals surface area contributed by atoms with E-state index in [0.29, 0.717) is 11.1 Å². The molecule has 0 aliphatic heterocycles. The minimum Gasteiger partial charge on any atom is -0.478 e. The first-order valence-corrected chi connectivity index (χ1v) is 5.35. The van der Waals surface area contributed by atoms with Gasteiger partial charge in [-0.1, -0.05) is 36.9 Å². The molecule has 1 N–H and O–H groups in total. The van der Waals surface area contributed by atoms with Crippen LogP contribution in [0.4, 0.5) is 0 Å². The van der Waals surface area contributed by atoms with Crippen LogP contribution in [0.2, 0.25) is 0 Å². The average Bonchev–Trinajstić information content (AvgIpc) is 2.30. The molecule has 0 aliphatic carbocycles. The van der Waals surface area contributed by atoms with Crippen LogP contribution in [0.3, 0.4) is 0 Å². The standard InChI is InChI=1S/C13H13ClO2/c1-9(11-6-4-3-5-7-11)12(8-14)10(2)13(15)16/h3-7H,1,8H2,2H3,(H,15,16). The van der Waals surface area contributed by atoms with Crippen LogP contribution in [-0.2, 0) is 4.79 Å². The Hall–Kier alpha value is -1.54. The van der Waals surface area contributed by atoms with Gasteiger partial charge in [-0.05, 0) is 23.6 Å². The van der Waals surface area contributed by atoms with Gasteiger partial charge in [0, 0.05) is 11.5 Å². The van der Waals surface area contributed by atoms with E-state index < -0.39 is 5.97 Å². The first kappa shape index (κ1) is 12.5. The van der Waals surface area contributed by atoms with Gasteiger partial charge in [-0.2, -0.15) is 0 Å². The number of hydrogen-bond donors (Lipinski definition) is 1. The third-order valence-corrected chi connectivity index (χ3v) is 2.66. The van der Waals surface area contributed by atoms with E-state index in [1.54, 1.807) is 0 Å². The molecule has 16 heavy (non-hydrogen) atoms. The smallest absolute Gasteiger partial charge is 0.331 e. The number of rotatable bonds is 4. The van der Waals surface area contributed by atoms with E-state index in [1.165, 1.54) is 6.92 Å². The molecule has 0 unspecified atom stereocenters. The van der Waals surface area contributed by atoms with Crippen LogP contribution in [0.1, 0.15) is 12.5 Å². The number of carbonyl (C=O) groups is 1. The van der Waals surface area contributed by atoms with Crippen LogP contribution in [-0.4, -0.2) is 17.0 Å². The minimum atomic E-state index is -0.965. The Morgan fingerprint density at radius 1 is 1.38 bits per heavy atom. The van der Waals surface area contributed by atoms with E-state index in [2.05, 4.69) is 6.58 Å². The largest absolute Gasteiger partial charge is 0.478 e. The fourth-order valence-corrected chi connectivity index (χ4v) is 1.71. The molecule has 0 heterocycles. The summed E-state index contributed by atoms with van der Waals surface area (Å²) in [5.74, 6) is -0.820. The molecular weight excluding hydrogens is 224 g/mol. The summed E-state index contributed by atoms with van der Waals surface area (Å²) in [6, 6.07) is 9.41. The van der Waals surface area contributed by atoms with E-state index in [0.717, 1.165) is 5.56 Å². The second kappa shape index (κ2) is 5.52. The number of benzene rings is 1. The Morgan fingerprint density at radius 2 is 1.94 bits per heavy atom. The maximum Gasteiger partial charge on any atom is 0.331 e. The quantitative estimate of drug-likeness (QED) is 0.495. The number of halogens is 1. The van der Waals surface area contributed by atoms with Gasteiger partial charge in [-0.15, -0.1) is 11.6 Å². The number of allylic oxidation sites excluding steroid dienone is 2. The average molecular weight is 237 g/mol. The first-order chi connectivity index (χ1) is 7.57. The molecule has 1 rings (SSSR count). The van der Waals surface area contributed by atoms with Gasteiger partial charge in [0.15, 0.2) is 0 Å². The highest BCUT2D eigenvalue weighted by Gasteiger charge is 2.12. The van der Waals surface area contributed by atoms with Crippen molar-refractivity contribution in [3.63, 3.8) is 0 Å². The molecule has 1 aromatic carbocycles. The van der Waals surface area contributed by atoms with Gasteiger partial charge in [-0.25, -0.2) is 4.79 Å². The van der Waals surface area contributed by atoms with Crippen LogP contribution < -0.4 is 0 Å². The van der Waals surface area contributed by atoms with Crippen LogP contribution in [0.15, 0.2) is 48.1 Å². The van der Waals surface area contributed by atoms with Crippen molar-refractivity contribution in [2.45, 2.75) is 6.92 Å². The van der Waals surface area contributed by atoms with Crippen molar-refractivity contribution in [2.24, 2.45) is 0 Å². The van der Waals surface area contributed by atoms with Gasteiger partial charge in [-0.3, -0.25) is 0 Å². The van der Waals surface area contributed by atoms with Crippen LogP contribution in [0.25, 0.3) is 5.57 Å². The summed E-state index contributed by atoms with van der Waals surface area (Å²) in [6.07, 6.45) is 0. The predicted octanol–water partition coefficient (Wildman–Crippen LogP) is 3.34. The molecule has 0 aliphatic rings. The Labute approximate surface area is 99.9 Å². The molecule has 84 valence electrons. The summed E-state index contributed by atoms with van der Waals surface area (Å²) in [5.41, 5.74) is 2.36. The van der Waals surface area contributed by atoms with Gasteiger partial charge < -0.3 is 5.11 Å². The lowest BCUT2D eigenvalue weighted by atomic mass is 9.97. The zero-order chi connectivity index (χ0) is 12.1. The highest BCUT2D eigenvalue weighted by molar-refractivity contribution is 6.21. The third kappa shape index (κ3) is 2.74. The highest BCUT2D eigenvalue weighted by Crippen LogP contribution is 2.24. The summed E-state index contributed by atoms with van der Waals surface area (Å²) in [5, 5.41) is 8.92. The van der Waals surface area contributed by atoms with Gasteiger partial charge in [0.1, 0.15) is 0 Å². The molecule has 0 amide bonds. The van der Waals surface area contributed by atoms with Crippen molar-refractivity contribution < 1.29 is 9.90 Å². The van der Waals surface area contributed by atoms with Gasteiger partial charge in [0.2, 0.25) is 0 Å². The number of hydrogen-bond acceptors (Lipinski definition) is 1. The lowest BCUT2D eigenvalue weighted by Gasteiger charge is -2.10. The molecule has 0 spiro atoms. The van der Waals surface area contributed by atoms with Crippen molar-refractivity contribution >= 4 is 23.1 Å². The molecule has 2 nitrogen and oxygen atoms in total. The van der Waals surface area contributed by atoms with E-state index in [4.69, 9.17) is 16.7 Å². The van der Waals surface area contributed by atoms with Gasteiger partial charge in [0.25, 0.3) is 0 Å². The second-order valence-corrected chi connectivity index (χ2v) is 3.65. The van der Waals surface area contributed by atoms with Crippen molar-refractivity contribution in [1.82, 2.24) is 0 Å². The molecule has 0 fully saturated rings. The van der Waals surface area contributed by atoms with Crippen LogP contribution in [0, 0.1) is 0 Å². The summed E-state index contributed by atoms with van der Waals surface area (Å²) in [6.45, 7) is 5.43. The molecule has 1 aromatic rings. The summed E-state index contributed by atoms with van der Waals surface area (Å²) >= 11 is 5.77. The van der Waals surface area contributed by atoms with Crippen molar-refractivity contribution in [1.29, 1.82) is 0 Å². The molecular formula is C13H13ClO2. The molecule has 0 saturated heterocycles. The molecule has 0 saturated carbocycles. The van der Waals surface area contributed by atoms with Gasteiger partial charge in [0.05, 0.1) is 0 Å². The molecule has 0 bridgehead atoms. The number of alkyl halides is 1. The van der Waals surface area contributed by atoms with E-state index in [-0.39, 0.29) is 11.5 Å². The highest BCUT2D eigenvalue weighted by atomic mass is 35.5. The Kier molecular flexibility index (Phi) is 4.32. The Morgan fingerprint density at radius 3 is 2.38 bits per heavy atom. The van der Waals surface area contributed by atoms with Crippen molar-refractivity contribution in [3.8, 4) is 0 Å². The fourth-order valence-electron chi connectivity index (χ4n) is 1.35. The SMILES string of the molecule is C=C(C(CCl)=C(C)C(=O)O)c1ccccc1. The molecule has 0 radical (unpaired) electrons. The first-order valence-electron chi connectivity index (χ1n) is 4.81. The maximum absolute atomic E-state index is 10.9. The van der Waals surface area contributed by atoms with Crippen LogP contribution >= 0.6 is 11.6 Å². The van der Waals surface area contributed by atoms with Crippen LogP contribution in [0.5, 0.6) is 0 Å². The Balaban J connectivity index is 3.14. The number of carboxylic acid groups (broad SMARTS) is 1. The third-order valence-electron chi connectivity index (χ3n) is 2.39. The topological polar surface area (TPSA) is 37.3 Å². The zero-order valence-electron chi connectivity index (χ0n) is 9.03. The van der Waals surface area contributed by atoms with Gasteiger partial charge >= 0.3 is 5.97 Å². The Bertz CT molecular complexity index is 433. The molecule has 3 heteroatoms. The zero-order valence-corrected chi connectivity index (χ0v) is 9.79. The number of aliphatic carboxylic acids is 1. The van der Waals surface area contributed by atoms with Crippen molar-refractivity contribution in [2.75, 3.05) is 5.88 Å². The molecule has 0 aromatic heterocycles. The van der Waals surface area contributed by atoms with Crippen molar-refractivity contribution in [3.05, 3.63) is 53.6 Å². The summed E-state index contributed by atoms with van der Waals surface area (Å²) in [4.78, 5) is 10.9.